The van der Waals surface area contributed by atoms with E-state index < -0.39 is 5.97 Å². The van der Waals surface area contributed by atoms with Crippen molar-refractivity contribution in [1.82, 2.24) is 0 Å². The summed E-state index contributed by atoms with van der Waals surface area (Å²) in [6.07, 6.45) is 14.2. The molecule has 1 aliphatic rings. The van der Waals surface area contributed by atoms with E-state index in [0.29, 0.717) is 0 Å². The Labute approximate surface area is 165 Å². The average Bonchev–Trinajstić information content (AvgIpc) is 2.72. The van der Waals surface area contributed by atoms with Crippen molar-refractivity contribution in [2.24, 2.45) is 0 Å². The topological polar surface area (TPSA) is 46.5 Å². The third kappa shape index (κ3) is 6.57. The van der Waals surface area contributed by atoms with Crippen LogP contribution in [-0.2, 0) is 10.2 Å². The number of ether oxygens (including phenoxy) is 1. The molecule has 0 aromatic heterocycles. The average molecular weight is 373 g/mol. The molecule has 1 saturated carbocycles. The quantitative estimate of drug-likeness (QED) is 0.518. The van der Waals surface area contributed by atoms with Gasteiger partial charge in [-0.1, -0.05) is 76.0 Å². The third-order valence-electron chi connectivity index (χ3n) is 5.21. The molecule has 3 nitrogen and oxygen atoms in total. The molecule has 0 amide bonds. The number of rotatable bonds is 8. The zero-order valence-corrected chi connectivity index (χ0v) is 17.5. The van der Waals surface area contributed by atoms with Crippen LogP contribution in [0.4, 0.5) is 0 Å². The molecule has 0 heterocycles. The fraction of sp³-hybridized carbons (Fsp3) is 0.542. The number of hydrogen-bond donors (Lipinski definition) is 1. The minimum atomic E-state index is -0.778. The van der Waals surface area contributed by atoms with Crippen molar-refractivity contribution in [3.8, 4) is 5.75 Å². The molecule has 0 radical (unpaired) electrons. The van der Waals surface area contributed by atoms with Crippen LogP contribution in [0.15, 0.2) is 48.1 Å². The van der Waals surface area contributed by atoms with Gasteiger partial charge >= 0.3 is 5.97 Å². The monoisotopic (exact) mass is 372 g/mol. The SMILES string of the molecule is CC.CC/C=C(\C/C=C\CC(=O)O)C1(c2ccc(OC)cc2)CCCCC1. The highest BCUT2D eigenvalue weighted by atomic mass is 16.5. The Kier molecular flexibility index (Phi) is 10.5. The van der Waals surface area contributed by atoms with Crippen LogP contribution in [-0.4, -0.2) is 18.2 Å². The van der Waals surface area contributed by atoms with Gasteiger partial charge in [-0.05, 0) is 43.4 Å². The van der Waals surface area contributed by atoms with Gasteiger partial charge in [0.2, 0.25) is 0 Å². The first-order chi connectivity index (χ1) is 13.1. The van der Waals surface area contributed by atoms with E-state index in [2.05, 4.69) is 37.3 Å². The molecule has 0 bridgehead atoms. The first-order valence-corrected chi connectivity index (χ1v) is 10.3. The summed E-state index contributed by atoms with van der Waals surface area (Å²) in [5.74, 6) is 0.108. The number of carboxylic acids is 1. The highest BCUT2D eigenvalue weighted by molar-refractivity contribution is 5.68. The van der Waals surface area contributed by atoms with Gasteiger partial charge in [-0.15, -0.1) is 0 Å². The van der Waals surface area contributed by atoms with Gasteiger partial charge in [0.1, 0.15) is 5.75 Å². The molecule has 1 aliphatic carbocycles. The van der Waals surface area contributed by atoms with Gasteiger partial charge < -0.3 is 9.84 Å². The predicted octanol–water partition coefficient (Wildman–Crippen LogP) is 6.68. The lowest BCUT2D eigenvalue weighted by Gasteiger charge is -2.40. The molecule has 1 aromatic carbocycles. The summed E-state index contributed by atoms with van der Waals surface area (Å²) >= 11 is 0. The Bertz CT molecular complexity index is 605. The first kappa shape index (κ1) is 23.0. The molecule has 2 rings (SSSR count). The van der Waals surface area contributed by atoms with Crippen LogP contribution in [0.3, 0.4) is 0 Å². The van der Waals surface area contributed by atoms with Gasteiger partial charge in [0.25, 0.3) is 0 Å². The van der Waals surface area contributed by atoms with E-state index in [9.17, 15) is 4.79 Å². The Morgan fingerprint density at radius 3 is 2.19 bits per heavy atom. The number of allylic oxidation sites excluding steroid dienone is 3. The van der Waals surface area contributed by atoms with Crippen molar-refractivity contribution in [1.29, 1.82) is 0 Å². The summed E-state index contributed by atoms with van der Waals surface area (Å²) in [5.41, 5.74) is 2.87. The lowest BCUT2D eigenvalue weighted by atomic mass is 9.64. The highest BCUT2D eigenvalue weighted by Crippen LogP contribution is 2.46. The van der Waals surface area contributed by atoms with Gasteiger partial charge in [0.05, 0.1) is 13.5 Å². The van der Waals surface area contributed by atoms with Gasteiger partial charge in [0, 0.05) is 5.41 Å². The zero-order valence-electron chi connectivity index (χ0n) is 17.5. The molecule has 0 unspecified atom stereocenters. The highest BCUT2D eigenvalue weighted by Gasteiger charge is 2.36. The molecular formula is C24H36O3. The maximum absolute atomic E-state index is 10.7. The van der Waals surface area contributed by atoms with Crippen LogP contribution in [0, 0.1) is 0 Å². The molecule has 0 spiro atoms. The van der Waals surface area contributed by atoms with Gasteiger partial charge in [-0.2, -0.15) is 0 Å². The van der Waals surface area contributed by atoms with Crippen LogP contribution in [0.2, 0.25) is 0 Å². The minimum absolute atomic E-state index is 0.0775. The fourth-order valence-electron chi connectivity index (χ4n) is 3.98. The van der Waals surface area contributed by atoms with Crippen molar-refractivity contribution < 1.29 is 14.6 Å². The second-order valence-corrected chi connectivity index (χ2v) is 6.78. The second-order valence-electron chi connectivity index (χ2n) is 6.78. The molecule has 1 aromatic rings. The Hall–Kier alpha value is -2.03. The normalized spacial score (nSPS) is 16.5. The van der Waals surface area contributed by atoms with E-state index in [4.69, 9.17) is 9.84 Å². The van der Waals surface area contributed by atoms with Crippen molar-refractivity contribution in [2.45, 2.75) is 77.6 Å². The number of benzene rings is 1. The molecular weight excluding hydrogens is 336 g/mol. The van der Waals surface area contributed by atoms with E-state index in [0.717, 1.165) is 31.4 Å². The largest absolute Gasteiger partial charge is 0.497 e. The lowest BCUT2D eigenvalue weighted by Crippen LogP contribution is -2.31. The maximum atomic E-state index is 10.7. The Morgan fingerprint density at radius 1 is 1.07 bits per heavy atom. The van der Waals surface area contributed by atoms with Crippen LogP contribution in [0.5, 0.6) is 5.75 Å². The standard InChI is InChI=1S/C22H30O3.C2H6/c1-3-9-18(10-5-6-11-21(23)24)22(16-7-4-8-17-22)19-12-14-20(25-2)15-13-19;1-2/h5-6,9,12-15H,3-4,7-8,10-11,16-17H2,1-2H3,(H,23,24);1-2H3/b6-5-,18-9+;. The van der Waals surface area contributed by atoms with Crippen LogP contribution in [0.25, 0.3) is 0 Å². The molecule has 150 valence electrons. The summed E-state index contributed by atoms with van der Waals surface area (Å²) < 4.78 is 5.32. The van der Waals surface area contributed by atoms with Gasteiger partial charge in [-0.3, -0.25) is 4.79 Å². The van der Waals surface area contributed by atoms with E-state index in [1.807, 2.05) is 19.9 Å². The van der Waals surface area contributed by atoms with Crippen LogP contribution >= 0.6 is 0 Å². The van der Waals surface area contributed by atoms with E-state index >= 15 is 0 Å². The molecule has 0 saturated heterocycles. The molecule has 0 aliphatic heterocycles. The summed E-state index contributed by atoms with van der Waals surface area (Å²) in [4.78, 5) is 10.7. The Balaban J connectivity index is 0.00000176. The Morgan fingerprint density at radius 2 is 1.67 bits per heavy atom. The summed E-state index contributed by atoms with van der Waals surface area (Å²) in [6, 6.07) is 8.51. The van der Waals surface area contributed by atoms with E-state index in [1.54, 1.807) is 13.2 Å². The zero-order chi connectivity index (χ0) is 20.1. The number of hydrogen-bond acceptors (Lipinski definition) is 2. The third-order valence-corrected chi connectivity index (χ3v) is 5.21. The summed E-state index contributed by atoms with van der Waals surface area (Å²) in [7, 11) is 1.70. The van der Waals surface area contributed by atoms with Crippen molar-refractivity contribution in [3.05, 3.63) is 53.6 Å². The predicted molar refractivity (Wildman–Crippen MR) is 113 cm³/mol. The van der Waals surface area contributed by atoms with Gasteiger partial charge in [0.15, 0.2) is 0 Å². The number of carboxylic acid groups (broad SMARTS) is 1. The van der Waals surface area contributed by atoms with Crippen molar-refractivity contribution >= 4 is 5.97 Å². The fourth-order valence-corrected chi connectivity index (χ4v) is 3.98. The number of methoxy groups -OCH3 is 1. The van der Waals surface area contributed by atoms with E-state index in [-0.39, 0.29) is 11.8 Å². The minimum Gasteiger partial charge on any atom is -0.497 e. The van der Waals surface area contributed by atoms with Crippen molar-refractivity contribution in [3.63, 3.8) is 0 Å². The van der Waals surface area contributed by atoms with Crippen LogP contribution < -0.4 is 4.74 Å². The summed E-state index contributed by atoms with van der Waals surface area (Å²) in [5, 5.41) is 8.83. The molecule has 27 heavy (non-hydrogen) atoms. The maximum Gasteiger partial charge on any atom is 0.307 e. The molecule has 1 fully saturated rings. The van der Waals surface area contributed by atoms with Crippen LogP contribution in [0.1, 0.15) is 77.7 Å². The second kappa shape index (κ2) is 12.4. The van der Waals surface area contributed by atoms with E-state index in [1.165, 1.54) is 30.4 Å². The molecule has 1 N–H and O–H groups in total. The first-order valence-electron chi connectivity index (χ1n) is 10.3. The molecule has 0 atom stereocenters. The molecule has 3 heteroatoms. The number of carbonyl (C=O) groups is 1. The smallest absolute Gasteiger partial charge is 0.307 e. The number of aliphatic carboxylic acids is 1. The summed E-state index contributed by atoms with van der Waals surface area (Å²) in [6.45, 7) is 6.17. The van der Waals surface area contributed by atoms with Crippen molar-refractivity contribution in [2.75, 3.05) is 7.11 Å². The van der Waals surface area contributed by atoms with Gasteiger partial charge in [-0.25, -0.2) is 0 Å². The lowest BCUT2D eigenvalue weighted by molar-refractivity contribution is -0.136.